The average molecular weight is 390 g/mol. The van der Waals surface area contributed by atoms with E-state index in [-0.39, 0.29) is 12.1 Å². The van der Waals surface area contributed by atoms with Crippen LogP contribution in [0.25, 0.3) is 0 Å². The van der Waals surface area contributed by atoms with Crippen LogP contribution < -0.4 is 15.4 Å². The molecule has 6 heteroatoms. The van der Waals surface area contributed by atoms with Crippen LogP contribution >= 0.6 is 0 Å². The lowest BCUT2D eigenvalue weighted by molar-refractivity contribution is 0.262. The number of ether oxygens (including phenoxy) is 1. The molecule has 0 aromatic heterocycles. The molecule has 158 valence electrons. The molecule has 6 nitrogen and oxygen atoms in total. The fourth-order valence-electron chi connectivity index (χ4n) is 3.10. The van der Waals surface area contributed by atoms with Gasteiger partial charge in [-0.1, -0.05) is 36.8 Å². The van der Waals surface area contributed by atoms with Gasteiger partial charge in [0.25, 0.3) is 0 Å². The second-order valence-corrected chi connectivity index (χ2v) is 7.50. The van der Waals surface area contributed by atoms with Crippen LogP contribution in [0.1, 0.15) is 41.5 Å². The molecule has 0 aliphatic heterocycles. The van der Waals surface area contributed by atoms with Crippen molar-refractivity contribution in [3.63, 3.8) is 0 Å². The monoisotopic (exact) mass is 389 g/mol. The molecule has 0 bridgehead atoms. The summed E-state index contributed by atoms with van der Waals surface area (Å²) in [5, 5.41) is 17.9. The molecule has 1 rings (SSSR count). The number of nitrogens with one attached hydrogen (secondary N) is 2. The second-order valence-electron chi connectivity index (χ2n) is 7.50. The molecule has 28 heavy (non-hydrogen) atoms. The van der Waals surface area contributed by atoms with E-state index >= 15 is 0 Å². The third-order valence-electron chi connectivity index (χ3n) is 5.10. The molecule has 2 N–H and O–H groups in total. The van der Waals surface area contributed by atoms with Crippen molar-refractivity contribution in [2.45, 2.75) is 59.7 Å². The largest absolute Gasteiger partial charge is 0.497 e. The van der Waals surface area contributed by atoms with Gasteiger partial charge in [-0.15, -0.1) is 0 Å². The number of hydrogen-bond acceptors (Lipinski definition) is 5. The van der Waals surface area contributed by atoms with Crippen molar-refractivity contribution in [3.8, 4) is 5.75 Å². The molecule has 0 radical (unpaired) electrons. The van der Waals surface area contributed by atoms with Crippen molar-refractivity contribution in [2.24, 2.45) is 16.3 Å². The van der Waals surface area contributed by atoms with E-state index in [4.69, 9.17) is 4.74 Å². The predicted octanol–water partition coefficient (Wildman–Crippen LogP) is 4.76. The number of methoxy groups -OCH3 is 1. The first-order chi connectivity index (χ1) is 13.3. The van der Waals surface area contributed by atoms with Gasteiger partial charge in [-0.3, -0.25) is 5.01 Å². The minimum Gasteiger partial charge on any atom is -0.497 e. The van der Waals surface area contributed by atoms with Gasteiger partial charge in [0.05, 0.1) is 19.2 Å². The summed E-state index contributed by atoms with van der Waals surface area (Å²) in [6, 6.07) is 8.70. The van der Waals surface area contributed by atoms with Gasteiger partial charge in [-0.25, -0.2) is 0 Å². The highest BCUT2D eigenvalue weighted by Crippen LogP contribution is 2.23. The summed E-state index contributed by atoms with van der Waals surface area (Å²) in [6.45, 7) is 14.6. The average Bonchev–Trinajstić information content (AvgIpc) is 2.69. The summed E-state index contributed by atoms with van der Waals surface area (Å²) < 4.78 is 5.34. The van der Waals surface area contributed by atoms with Crippen LogP contribution in [0.4, 0.5) is 5.69 Å². The van der Waals surface area contributed by atoms with Gasteiger partial charge < -0.3 is 15.4 Å². The lowest BCUT2D eigenvalue weighted by Gasteiger charge is -2.29. The standard InChI is InChI=1S/C22H39N5O/c1-9-16(3)22(24-20-12-11-13-21(14-20)28-8)17(4)15-27(7)26-25-19(6)18(5)23-10-2/h9,11-14,17-19,22-24H,10,15H2,1-8H3/b16-9+,26-25-/t17-,18?,19?,22?/m1/s1. The molecule has 0 aliphatic carbocycles. The van der Waals surface area contributed by atoms with E-state index in [1.54, 1.807) is 7.11 Å². The second kappa shape index (κ2) is 12.4. The maximum atomic E-state index is 5.34. The summed E-state index contributed by atoms with van der Waals surface area (Å²) in [5.41, 5.74) is 2.35. The molecule has 4 atom stereocenters. The number of nitrogens with zero attached hydrogens (tertiary/aromatic N) is 3. The Morgan fingerprint density at radius 2 is 2.00 bits per heavy atom. The molecule has 3 unspecified atom stereocenters. The third-order valence-corrected chi connectivity index (χ3v) is 5.10. The van der Waals surface area contributed by atoms with Gasteiger partial charge in [0.15, 0.2) is 0 Å². The summed E-state index contributed by atoms with van der Waals surface area (Å²) in [6.07, 6.45) is 2.16. The van der Waals surface area contributed by atoms with Crippen molar-refractivity contribution >= 4 is 5.69 Å². The molecule has 1 aromatic carbocycles. The number of anilines is 1. The quantitative estimate of drug-likeness (QED) is 0.307. The number of hydrogen-bond donors (Lipinski definition) is 2. The van der Waals surface area contributed by atoms with Crippen molar-refractivity contribution in [1.82, 2.24) is 10.3 Å². The van der Waals surface area contributed by atoms with Gasteiger partial charge in [-0.05, 0) is 52.3 Å². The fraction of sp³-hybridized carbons (Fsp3) is 0.636. The van der Waals surface area contributed by atoms with Gasteiger partial charge in [0, 0.05) is 31.4 Å². The molecule has 0 spiro atoms. The highest BCUT2D eigenvalue weighted by atomic mass is 16.5. The lowest BCUT2D eigenvalue weighted by atomic mass is 9.94. The van der Waals surface area contributed by atoms with Crippen molar-refractivity contribution < 1.29 is 4.74 Å². The van der Waals surface area contributed by atoms with E-state index in [1.165, 1.54) is 5.57 Å². The van der Waals surface area contributed by atoms with E-state index in [2.05, 4.69) is 74.7 Å². The van der Waals surface area contributed by atoms with Crippen LogP contribution in [0, 0.1) is 5.92 Å². The van der Waals surface area contributed by atoms with Crippen molar-refractivity contribution in [2.75, 3.05) is 32.6 Å². The molecular weight excluding hydrogens is 350 g/mol. The number of allylic oxidation sites excluding steroid dienone is 1. The highest BCUT2D eigenvalue weighted by molar-refractivity contribution is 5.50. The summed E-state index contributed by atoms with van der Waals surface area (Å²) in [4.78, 5) is 0. The van der Waals surface area contributed by atoms with Gasteiger partial charge in [0.1, 0.15) is 5.75 Å². The van der Waals surface area contributed by atoms with Crippen LogP contribution in [0.2, 0.25) is 0 Å². The Kier molecular flexibility index (Phi) is 10.6. The molecule has 1 aromatic rings. The smallest absolute Gasteiger partial charge is 0.120 e. The summed E-state index contributed by atoms with van der Waals surface area (Å²) >= 11 is 0. The Morgan fingerprint density at radius 3 is 2.61 bits per heavy atom. The maximum absolute atomic E-state index is 5.34. The summed E-state index contributed by atoms with van der Waals surface area (Å²) in [5.74, 6) is 1.19. The number of likely N-dealkylation sites (N-methyl/N-ethyl adjacent to an activating group) is 1. The molecule has 0 saturated heterocycles. The van der Waals surface area contributed by atoms with E-state index in [0.29, 0.717) is 12.0 Å². The van der Waals surface area contributed by atoms with Crippen molar-refractivity contribution in [3.05, 3.63) is 35.9 Å². The normalized spacial score (nSPS) is 16.5. The number of benzene rings is 1. The molecule has 0 aliphatic rings. The number of rotatable bonds is 12. The first-order valence-corrected chi connectivity index (χ1v) is 10.2. The molecular formula is C22H39N5O. The molecule has 0 heterocycles. The van der Waals surface area contributed by atoms with E-state index in [0.717, 1.165) is 24.5 Å². The van der Waals surface area contributed by atoms with Gasteiger partial charge >= 0.3 is 0 Å². The minimum absolute atomic E-state index is 0.140. The maximum Gasteiger partial charge on any atom is 0.120 e. The Hall–Kier alpha value is -2.08. The van der Waals surface area contributed by atoms with Crippen LogP contribution in [0.3, 0.4) is 0 Å². The molecule has 0 fully saturated rings. The van der Waals surface area contributed by atoms with Crippen LogP contribution in [-0.4, -0.2) is 50.4 Å². The molecule has 0 amide bonds. The van der Waals surface area contributed by atoms with E-state index in [9.17, 15) is 0 Å². The Bertz CT molecular complexity index is 631. The predicted molar refractivity (Wildman–Crippen MR) is 119 cm³/mol. The Morgan fingerprint density at radius 1 is 1.29 bits per heavy atom. The zero-order valence-electron chi connectivity index (χ0n) is 18.9. The van der Waals surface area contributed by atoms with Gasteiger partial charge in [-0.2, -0.15) is 5.11 Å². The summed E-state index contributed by atoms with van der Waals surface area (Å²) in [7, 11) is 3.67. The van der Waals surface area contributed by atoms with E-state index in [1.807, 2.05) is 30.3 Å². The van der Waals surface area contributed by atoms with Gasteiger partial charge in [0.2, 0.25) is 0 Å². The van der Waals surface area contributed by atoms with Crippen LogP contribution in [0.5, 0.6) is 5.75 Å². The lowest BCUT2D eigenvalue weighted by Crippen LogP contribution is -2.36. The third kappa shape index (κ3) is 7.89. The van der Waals surface area contributed by atoms with Crippen LogP contribution in [0.15, 0.2) is 46.3 Å². The first kappa shape index (κ1) is 24.0. The fourth-order valence-corrected chi connectivity index (χ4v) is 3.10. The zero-order valence-corrected chi connectivity index (χ0v) is 18.9. The van der Waals surface area contributed by atoms with E-state index < -0.39 is 0 Å². The topological polar surface area (TPSA) is 61.2 Å². The SMILES string of the molecule is C/C=C(\C)C(Nc1cccc(OC)c1)[C@H](C)CN(C)/N=N\C(C)C(C)NCC. The highest BCUT2D eigenvalue weighted by Gasteiger charge is 2.20. The minimum atomic E-state index is 0.140. The Labute approximate surface area is 171 Å². The zero-order chi connectivity index (χ0) is 21.1. The Balaban J connectivity index is 2.77. The molecule has 0 saturated carbocycles. The van der Waals surface area contributed by atoms with Crippen molar-refractivity contribution in [1.29, 1.82) is 0 Å². The first-order valence-electron chi connectivity index (χ1n) is 10.2. The van der Waals surface area contributed by atoms with Crippen LogP contribution in [-0.2, 0) is 0 Å².